The average molecular weight is 369 g/mol. The summed E-state index contributed by atoms with van der Waals surface area (Å²) < 4.78 is 2.03. The van der Waals surface area contributed by atoms with Gasteiger partial charge in [-0.3, -0.25) is 0 Å². The Balaban J connectivity index is 2.36. The highest BCUT2D eigenvalue weighted by molar-refractivity contribution is 9.10. The van der Waals surface area contributed by atoms with E-state index in [-0.39, 0.29) is 0 Å². The molecule has 0 aliphatic heterocycles. The van der Waals surface area contributed by atoms with E-state index in [0.29, 0.717) is 5.69 Å². The minimum absolute atomic E-state index is 0.679. The number of hydrogen-bond acceptors (Lipinski definition) is 1. The van der Waals surface area contributed by atoms with Crippen molar-refractivity contribution in [2.45, 2.75) is 9.79 Å². The summed E-state index contributed by atoms with van der Waals surface area (Å²) in [5.74, 6) is 0. The van der Waals surface area contributed by atoms with Crippen molar-refractivity contribution in [2.24, 2.45) is 0 Å². The second kappa shape index (κ2) is 5.72. The van der Waals surface area contributed by atoms with Crippen molar-refractivity contribution < 1.29 is 0 Å². The Morgan fingerprint density at radius 1 is 1.00 bits per heavy atom. The van der Waals surface area contributed by atoms with Crippen LogP contribution < -0.4 is 0 Å². The van der Waals surface area contributed by atoms with E-state index < -0.39 is 0 Å². The molecule has 4 heteroatoms. The monoisotopic (exact) mass is 367 g/mol. The lowest BCUT2D eigenvalue weighted by Gasteiger charge is -2.05. The van der Waals surface area contributed by atoms with Gasteiger partial charge in [-0.25, -0.2) is 4.85 Å². The summed E-state index contributed by atoms with van der Waals surface area (Å²) in [5.41, 5.74) is 0.679. The van der Waals surface area contributed by atoms with Gasteiger partial charge in [-0.2, -0.15) is 0 Å². The maximum Gasteiger partial charge on any atom is 0.200 e. The second-order valence-electron chi connectivity index (χ2n) is 3.28. The van der Waals surface area contributed by atoms with Crippen LogP contribution in [0.25, 0.3) is 4.85 Å². The second-order valence-corrected chi connectivity index (χ2v) is 6.23. The molecule has 0 amide bonds. The lowest BCUT2D eigenvalue weighted by molar-refractivity contribution is 1.39. The van der Waals surface area contributed by atoms with Crippen LogP contribution in [-0.2, 0) is 0 Å². The van der Waals surface area contributed by atoms with Gasteiger partial charge in [0.2, 0.25) is 5.69 Å². The molecule has 0 aliphatic carbocycles. The molecular formula is C13H7Br2NS. The van der Waals surface area contributed by atoms with Crippen molar-refractivity contribution >= 4 is 49.3 Å². The van der Waals surface area contributed by atoms with Crippen LogP contribution in [0.1, 0.15) is 0 Å². The topological polar surface area (TPSA) is 4.36 Å². The zero-order valence-corrected chi connectivity index (χ0v) is 12.6. The molecule has 0 N–H and O–H groups in total. The molecular weight excluding hydrogens is 362 g/mol. The predicted octanol–water partition coefficient (Wildman–Crippen LogP) is 5.91. The SMILES string of the molecule is [C-]#[N+]c1ccc(Br)cc1Sc1cccc(Br)c1. The number of hydrogen-bond donors (Lipinski definition) is 0. The molecule has 0 fully saturated rings. The van der Waals surface area contributed by atoms with Crippen LogP contribution in [0.15, 0.2) is 61.2 Å². The fourth-order valence-corrected chi connectivity index (χ4v) is 3.37. The minimum atomic E-state index is 0.679. The largest absolute Gasteiger partial charge is 0.237 e. The zero-order valence-electron chi connectivity index (χ0n) is 8.65. The number of nitrogens with zero attached hydrogens (tertiary/aromatic N) is 1. The highest BCUT2D eigenvalue weighted by atomic mass is 79.9. The first-order valence-corrected chi connectivity index (χ1v) is 7.20. The molecule has 0 bridgehead atoms. The van der Waals surface area contributed by atoms with E-state index in [9.17, 15) is 0 Å². The summed E-state index contributed by atoms with van der Waals surface area (Å²) in [4.78, 5) is 5.61. The van der Waals surface area contributed by atoms with Crippen molar-refractivity contribution in [1.29, 1.82) is 0 Å². The Kier molecular flexibility index (Phi) is 4.27. The van der Waals surface area contributed by atoms with Crippen LogP contribution in [0.4, 0.5) is 5.69 Å². The fourth-order valence-electron chi connectivity index (χ4n) is 1.32. The molecule has 0 aromatic heterocycles. The molecule has 2 aromatic carbocycles. The highest BCUT2D eigenvalue weighted by Gasteiger charge is 2.05. The van der Waals surface area contributed by atoms with E-state index in [0.717, 1.165) is 18.7 Å². The van der Waals surface area contributed by atoms with Crippen molar-refractivity contribution in [3.05, 3.63) is 62.8 Å². The van der Waals surface area contributed by atoms with Crippen LogP contribution in [0.2, 0.25) is 0 Å². The predicted molar refractivity (Wildman–Crippen MR) is 78.7 cm³/mol. The van der Waals surface area contributed by atoms with Gasteiger partial charge in [0, 0.05) is 18.7 Å². The first-order valence-electron chi connectivity index (χ1n) is 4.79. The van der Waals surface area contributed by atoms with Gasteiger partial charge >= 0.3 is 0 Å². The quantitative estimate of drug-likeness (QED) is 0.596. The van der Waals surface area contributed by atoms with Gasteiger partial charge in [0.15, 0.2) is 0 Å². The van der Waals surface area contributed by atoms with Crippen LogP contribution >= 0.6 is 43.6 Å². The lowest BCUT2D eigenvalue weighted by atomic mass is 10.3. The van der Waals surface area contributed by atoms with Gasteiger partial charge in [-0.1, -0.05) is 50.1 Å². The molecule has 0 saturated carbocycles. The lowest BCUT2D eigenvalue weighted by Crippen LogP contribution is -1.75. The van der Waals surface area contributed by atoms with Crippen molar-refractivity contribution in [3.63, 3.8) is 0 Å². The van der Waals surface area contributed by atoms with Crippen molar-refractivity contribution in [3.8, 4) is 0 Å². The fraction of sp³-hybridized carbons (Fsp3) is 0. The summed E-state index contributed by atoms with van der Waals surface area (Å²) in [6.07, 6.45) is 0. The molecule has 0 saturated heterocycles. The van der Waals surface area contributed by atoms with Gasteiger partial charge < -0.3 is 0 Å². The smallest absolute Gasteiger partial charge is 0.200 e. The van der Waals surface area contributed by atoms with E-state index in [1.807, 2.05) is 42.5 Å². The minimum Gasteiger partial charge on any atom is -0.237 e. The van der Waals surface area contributed by atoms with E-state index >= 15 is 0 Å². The molecule has 2 rings (SSSR count). The molecule has 1 nitrogen and oxygen atoms in total. The van der Waals surface area contributed by atoms with E-state index in [1.54, 1.807) is 11.8 Å². The van der Waals surface area contributed by atoms with Crippen LogP contribution in [-0.4, -0.2) is 0 Å². The normalized spacial score (nSPS) is 9.94. The Morgan fingerprint density at radius 3 is 2.47 bits per heavy atom. The van der Waals surface area contributed by atoms with Gasteiger partial charge in [-0.05, 0) is 24.3 Å². The number of halogens is 2. The molecule has 17 heavy (non-hydrogen) atoms. The summed E-state index contributed by atoms with van der Waals surface area (Å²) in [7, 11) is 0. The van der Waals surface area contributed by atoms with Gasteiger partial charge in [0.1, 0.15) is 0 Å². The first kappa shape index (κ1) is 12.7. The maximum absolute atomic E-state index is 7.15. The van der Waals surface area contributed by atoms with Gasteiger partial charge in [-0.15, -0.1) is 11.8 Å². The third-order valence-corrected chi connectivity index (χ3v) is 4.09. The van der Waals surface area contributed by atoms with Crippen LogP contribution in [0, 0.1) is 6.57 Å². The average Bonchev–Trinajstić information content (AvgIpc) is 2.29. The van der Waals surface area contributed by atoms with Gasteiger partial charge in [0.25, 0.3) is 0 Å². The molecule has 0 unspecified atom stereocenters. The van der Waals surface area contributed by atoms with Crippen molar-refractivity contribution in [2.75, 3.05) is 0 Å². The van der Waals surface area contributed by atoms with Crippen LogP contribution in [0.5, 0.6) is 0 Å². The number of rotatable bonds is 2. The molecule has 84 valence electrons. The Bertz CT molecular complexity index is 590. The zero-order chi connectivity index (χ0) is 12.3. The van der Waals surface area contributed by atoms with Crippen molar-refractivity contribution in [1.82, 2.24) is 0 Å². The summed E-state index contributed by atoms with van der Waals surface area (Å²) in [6.45, 7) is 7.15. The standard InChI is InChI=1S/C13H7Br2NS/c1-16-12-6-5-10(15)8-13(12)17-11-4-2-3-9(14)7-11/h2-8H. The van der Waals surface area contributed by atoms with E-state index in [2.05, 4.69) is 36.7 Å². The Hall–Kier alpha value is -0.760. The van der Waals surface area contributed by atoms with Gasteiger partial charge in [0.05, 0.1) is 6.57 Å². The summed E-state index contributed by atoms with van der Waals surface area (Å²) in [5, 5.41) is 0. The molecule has 0 aliphatic rings. The molecule has 0 spiro atoms. The highest BCUT2D eigenvalue weighted by Crippen LogP contribution is 2.37. The van der Waals surface area contributed by atoms with Crippen LogP contribution in [0.3, 0.4) is 0 Å². The third kappa shape index (κ3) is 3.35. The Labute approximate surface area is 121 Å². The van der Waals surface area contributed by atoms with E-state index in [1.165, 1.54) is 0 Å². The summed E-state index contributed by atoms with van der Waals surface area (Å²) in [6, 6.07) is 13.7. The molecule has 0 heterocycles. The maximum atomic E-state index is 7.15. The molecule has 0 atom stereocenters. The third-order valence-electron chi connectivity index (χ3n) is 2.07. The molecule has 2 aromatic rings. The van der Waals surface area contributed by atoms with E-state index in [4.69, 9.17) is 6.57 Å². The molecule has 0 radical (unpaired) electrons. The summed E-state index contributed by atoms with van der Waals surface area (Å²) >= 11 is 8.46. The number of benzene rings is 2. The Morgan fingerprint density at radius 2 is 1.76 bits per heavy atom. The first-order chi connectivity index (χ1) is 8.19.